The summed E-state index contributed by atoms with van der Waals surface area (Å²) in [7, 11) is 0. The van der Waals surface area contributed by atoms with E-state index in [1.54, 1.807) is 12.1 Å². The van der Waals surface area contributed by atoms with Gasteiger partial charge in [-0.3, -0.25) is 9.59 Å². The molecule has 0 spiro atoms. The van der Waals surface area contributed by atoms with Crippen LogP contribution in [-0.4, -0.2) is 23.5 Å². The van der Waals surface area contributed by atoms with E-state index >= 15 is 0 Å². The molecule has 4 nitrogen and oxygen atoms in total. The molecule has 25 heavy (non-hydrogen) atoms. The van der Waals surface area contributed by atoms with Crippen LogP contribution in [-0.2, 0) is 4.79 Å². The van der Waals surface area contributed by atoms with Crippen LogP contribution < -0.4 is 5.32 Å². The van der Waals surface area contributed by atoms with Crippen molar-refractivity contribution in [2.75, 3.05) is 6.54 Å². The summed E-state index contributed by atoms with van der Waals surface area (Å²) in [5, 5.41) is 11.3. The molecule has 1 aromatic rings. The summed E-state index contributed by atoms with van der Waals surface area (Å²) in [6, 6.07) is 7.47. The Morgan fingerprint density at radius 3 is 2.36 bits per heavy atom. The number of carboxylic acid groups (broad SMARTS) is 1. The van der Waals surface area contributed by atoms with Gasteiger partial charge in [0, 0.05) is 18.5 Å². The first-order valence-electron chi connectivity index (χ1n) is 9.40. The number of carbonyl (C=O) groups excluding carboxylic acids is 1. The van der Waals surface area contributed by atoms with Crippen molar-refractivity contribution in [2.24, 2.45) is 0 Å². The molecule has 0 aromatic heterocycles. The van der Waals surface area contributed by atoms with E-state index in [1.807, 2.05) is 12.1 Å². The van der Waals surface area contributed by atoms with Crippen LogP contribution in [0.5, 0.6) is 0 Å². The van der Waals surface area contributed by atoms with Crippen molar-refractivity contribution in [3.05, 3.63) is 41.5 Å². The fraction of sp³-hybridized carbons (Fsp3) is 0.524. The first-order chi connectivity index (χ1) is 12.1. The lowest BCUT2D eigenvalue weighted by molar-refractivity contribution is -0.137. The van der Waals surface area contributed by atoms with Crippen molar-refractivity contribution in [1.29, 1.82) is 0 Å². The Hall–Kier alpha value is -2.10. The Morgan fingerprint density at radius 2 is 1.68 bits per heavy atom. The minimum absolute atomic E-state index is 0.0720. The number of allylic oxidation sites excluding steroid dienone is 1. The topological polar surface area (TPSA) is 66.4 Å². The van der Waals surface area contributed by atoms with Gasteiger partial charge in [-0.25, -0.2) is 0 Å². The molecule has 0 aliphatic heterocycles. The first kappa shape index (κ1) is 20.9. The molecule has 0 heterocycles. The van der Waals surface area contributed by atoms with Crippen molar-refractivity contribution in [3.8, 4) is 0 Å². The van der Waals surface area contributed by atoms with Gasteiger partial charge in [-0.05, 0) is 37.0 Å². The molecule has 4 heteroatoms. The molecule has 0 bridgehead atoms. The second-order valence-corrected chi connectivity index (χ2v) is 6.33. The van der Waals surface area contributed by atoms with Crippen LogP contribution in [0, 0.1) is 0 Å². The van der Waals surface area contributed by atoms with Crippen LogP contribution >= 0.6 is 0 Å². The fourth-order valence-electron chi connectivity index (χ4n) is 2.55. The van der Waals surface area contributed by atoms with Crippen molar-refractivity contribution in [1.82, 2.24) is 5.32 Å². The van der Waals surface area contributed by atoms with Gasteiger partial charge in [0.05, 0.1) is 0 Å². The maximum absolute atomic E-state index is 11.9. The predicted octanol–water partition coefficient (Wildman–Crippen LogP) is 5.05. The Balaban J connectivity index is 2.24. The summed E-state index contributed by atoms with van der Waals surface area (Å²) in [6.07, 6.45) is 13.7. The molecule has 1 aromatic carbocycles. The second-order valence-electron chi connectivity index (χ2n) is 6.33. The smallest absolute Gasteiger partial charge is 0.303 e. The SMILES string of the molecule is CCCCCCCCC=Cc1ccc(C(=O)NCCCC(=O)O)cc1. The average Bonchev–Trinajstić information content (AvgIpc) is 2.61. The molecular formula is C21H31NO3. The summed E-state index contributed by atoms with van der Waals surface area (Å²) in [4.78, 5) is 22.4. The first-order valence-corrected chi connectivity index (χ1v) is 9.40. The predicted molar refractivity (Wildman–Crippen MR) is 103 cm³/mol. The van der Waals surface area contributed by atoms with E-state index in [0.717, 1.165) is 12.0 Å². The Labute approximate surface area is 151 Å². The number of carbonyl (C=O) groups is 2. The lowest BCUT2D eigenvalue weighted by atomic mass is 10.1. The molecule has 0 aliphatic rings. The monoisotopic (exact) mass is 345 g/mol. The third-order valence-corrected chi connectivity index (χ3v) is 4.06. The maximum Gasteiger partial charge on any atom is 0.303 e. The van der Waals surface area contributed by atoms with Gasteiger partial charge in [0.2, 0.25) is 0 Å². The largest absolute Gasteiger partial charge is 0.481 e. The van der Waals surface area contributed by atoms with Crippen LogP contribution in [0.3, 0.4) is 0 Å². The van der Waals surface area contributed by atoms with Crippen LogP contribution in [0.15, 0.2) is 30.3 Å². The zero-order valence-electron chi connectivity index (χ0n) is 15.3. The van der Waals surface area contributed by atoms with E-state index in [0.29, 0.717) is 18.5 Å². The molecule has 0 radical (unpaired) electrons. The van der Waals surface area contributed by atoms with Crippen molar-refractivity contribution in [2.45, 2.75) is 64.7 Å². The molecular weight excluding hydrogens is 314 g/mol. The average molecular weight is 345 g/mol. The van der Waals surface area contributed by atoms with E-state index < -0.39 is 5.97 Å². The van der Waals surface area contributed by atoms with E-state index in [4.69, 9.17) is 5.11 Å². The molecule has 138 valence electrons. The summed E-state index contributed by atoms with van der Waals surface area (Å²) >= 11 is 0. The van der Waals surface area contributed by atoms with Gasteiger partial charge in [0.25, 0.3) is 5.91 Å². The molecule has 1 amide bonds. The maximum atomic E-state index is 11.9. The summed E-state index contributed by atoms with van der Waals surface area (Å²) < 4.78 is 0. The third kappa shape index (κ3) is 10.4. The summed E-state index contributed by atoms with van der Waals surface area (Å²) in [5.41, 5.74) is 1.69. The second kappa shape index (κ2) is 13.2. The lowest BCUT2D eigenvalue weighted by Crippen LogP contribution is -2.24. The van der Waals surface area contributed by atoms with E-state index in [9.17, 15) is 9.59 Å². The van der Waals surface area contributed by atoms with Crippen molar-refractivity contribution >= 4 is 18.0 Å². The number of amides is 1. The van der Waals surface area contributed by atoms with Gasteiger partial charge in [-0.2, -0.15) is 0 Å². The molecule has 0 saturated carbocycles. The number of carboxylic acids is 1. The van der Waals surface area contributed by atoms with Crippen molar-refractivity contribution in [3.63, 3.8) is 0 Å². The van der Waals surface area contributed by atoms with E-state index in [-0.39, 0.29) is 12.3 Å². The van der Waals surface area contributed by atoms with Gasteiger partial charge < -0.3 is 10.4 Å². The zero-order chi connectivity index (χ0) is 18.3. The van der Waals surface area contributed by atoms with Crippen LogP contribution in [0.2, 0.25) is 0 Å². The minimum atomic E-state index is -0.841. The summed E-state index contributed by atoms with van der Waals surface area (Å²) in [6.45, 7) is 2.61. The molecule has 0 fully saturated rings. The van der Waals surface area contributed by atoms with E-state index in [1.165, 1.54) is 38.5 Å². The van der Waals surface area contributed by atoms with E-state index in [2.05, 4.69) is 24.4 Å². The molecule has 0 unspecified atom stereocenters. The van der Waals surface area contributed by atoms with Gasteiger partial charge in [0.15, 0.2) is 0 Å². The number of unbranched alkanes of at least 4 members (excludes halogenated alkanes) is 6. The van der Waals surface area contributed by atoms with Gasteiger partial charge in [-0.15, -0.1) is 0 Å². The Kier molecular flexibility index (Phi) is 11.1. The molecule has 0 aliphatic carbocycles. The Morgan fingerprint density at radius 1 is 1.00 bits per heavy atom. The highest BCUT2D eigenvalue weighted by molar-refractivity contribution is 5.94. The number of nitrogens with one attached hydrogen (secondary N) is 1. The van der Waals surface area contributed by atoms with Gasteiger partial charge >= 0.3 is 5.97 Å². The highest BCUT2D eigenvalue weighted by atomic mass is 16.4. The number of aliphatic carboxylic acids is 1. The van der Waals surface area contributed by atoms with Crippen LogP contribution in [0.1, 0.15) is 80.6 Å². The van der Waals surface area contributed by atoms with Crippen LogP contribution in [0.25, 0.3) is 6.08 Å². The van der Waals surface area contributed by atoms with Gasteiger partial charge in [-0.1, -0.05) is 63.3 Å². The number of benzene rings is 1. The van der Waals surface area contributed by atoms with Gasteiger partial charge in [0.1, 0.15) is 0 Å². The number of hydrogen-bond acceptors (Lipinski definition) is 2. The number of rotatable bonds is 13. The normalized spacial score (nSPS) is 10.9. The molecule has 0 saturated heterocycles. The summed E-state index contributed by atoms with van der Waals surface area (Å²) in [5.74, 6) is -1.00. The standard InChI is InChI=1S/C21H31NO3/c1-2-3-4-5-6-7-8-9-11-18-13-15-19(16-14-18)21(25)22-17-10-12-20(23)24/h9,11,13-16H,2-8,10,12,17H2,1H3,(H,22,25)(H,23,24). The quantitative estimate of drug-likeness (QED) is 0.492. The van der Waals surface area contributed by atoms with Crippen LogP contribution in [0.4, 0.5) is 0 Å². The minimum Gasteiger partial charge on any atom is -0.481 e. The lowest BCUT2D eigenvalue weighted by Gasteiger charge is -2.04. The Bertz CT molecular complexity index is 535. The number of hydrogen-bond donors (Lipinski definition) is 2. The zero-order valence-corrected chi connectivity index (χ0v) is 15.3. The fourth-order valence-corrected chi connectivity index (χ4v) is 2.55. The highest BCUT2D eigenvalue weighted by Crippen LogP contribution is 2.10. The highest BCUT2D eigenvalue weighted by Gasteiger charge is 2.04. The molecule has 2 N–H and O–H groups in total. The molecule has 1 rings (SSSR count). The molecule has 0 atom stereocenters. The van der Waals surface area contributed by atoms with Crippen molar-refractivity contribution < 1.29 is 14.7 Å². The third-order valence-electron chi connectivity index (χ3n) is 4.06.